The van der Waals surface area contributed by atoms with Gasteiger partial charge >= 0.3 is 11.9 Å². The Hall–Kier alpha value is -2.64. The maximum absolute atomic E-state index is 11.9. The second-order valence-corrected chi connectivity index (χ2v) is 5.28. The fourth-order valence-corrected chi connectivity index (χ4v) is 2.64. The maximum Gasteiger partial charge on any atom is 0.345 e. The van der Waals surface area contributed by atoms with Crippen LogP contribution in [-0.4, -0.2) is 41.7 Å². The van der Waals surface area contributed by atoms with Gasteiger partial charge in [0.15, 0.2) is 0 Å². The van der Waals surface area contributed by atoms with E-state index in [1.54, 1.807) is 13.0 Å². The van der Waals surface area contributed by atoms with E-state index < -0.39 is 16.9 Å². The molecule has 0 unspecified atom stereocenters. The van der Waals surface area contributed by atoms with Crippen molar-refractivity contribution in [2.75, 3.05) is 24.6 Å². The van der Waals surface area contributed by atoms with Crippen molar-refractivity contribution in [2.45, 2.75) is 19.8 Å². The summed E-state index contributed by atoms with van der Waals surface area (Å²) in [6, 6.07) is 4.30. The summed E-state index contributed by atoms with van der Waals surface area (Å²) in [6.45, 7) is 2.81. The largest absolute Gasteiger partial charge is 0.481 e. The number of piperidine rings is 1. The minimum Gasteiger partial charge on any atom is -0.481 e. The van der Waals surface area contributed by atoms with E-state index in [0.29, 0.717) is 31.6 Å². The summed E-state index contributed by atoms with van der Waals surface area (Å²) < 4.78 is 4.87. The van der Waals surface area contributed by atoms with Gasteiger partial charge in [-0.2, -0.15) is 0 Å². The Morgan fingerprint density at radius 1 is 1.39 bits per heavy atom. The average Bonchev–Trinajstić information content (AvgIpc) is 2.54. The zero-order chi connectivity index (χ0) is 17.0. The van der Waals surface area contributed by atoms with Crippen LogP contribution in [0.5, 0.6) is 0 Å². The molecule has 1 fully saturated rings. The van der Waals surface area contributed by atoms with Crippen molar-refractivity contribution in [3.8, 4) is 0 Å². The highest BCUT2D eigenvalue weighted by atomic mass is 16.6. The standard InChI is InChI=1S/C15H18N2O6/c1-2-23-15(20)12-9-11(3-4-13(12)17(21)22)16-7-5-10(6-8-16)14(18)19/h3-4,9-10H,2,5-8H2,1H3,(H,18,19). The van der Waals surface area contributed by atoms with E-state index in [0.717, 1.165) is 0 Å². The number of carboxylic acids is 1. The number of aliphatic carboxylic acids is 1. The summed E-state index contributed by atoms with van der Waals surface area (Å²) in [4.78, 5) is 35.3. The van der Waals surface area contributed by atoms with E-state index in [1.807, 2.05) is 4.90 Å². The molecule has 1 aliphatic rings. The molecular formula is C15H18N2O6. The monoisotopic (exact) mass is 322 g/mol. The molecule has 1 saturated heterocycles. The number of nitrogens with zero attached hydrogens (tertiary/aromatic N) is 2. The zero-order valence-electron chi connectivity index (χ0n) is 12.7. The summed E-state index contributed by atoms with van der Waals surface area (Å²) in [5.74, 6) is -1.91. The molecule has 1 N–H and O–H groups in total. The van der Waals surface area contributed by atoms with Crippen LogP contribution in [0.25, 0.3) is 0 Å². The molecule has 124 valence electrons. The maximum atomic E-state index is 11.9. The second kappa shape index (κ2) is 7.08. The Morgan fingerprint density at radius 2 is 2.04 bits per heavy atom. The Balaban J connectivity index is 2.24. The van der Waals surface area contributed by atoms with Gasteiger partial charge in [-0.15, -0.1) is 0 Å². The van der Waals surface area contributed by atoms with Crippen LogP contribution in [0.4, 0.5) is 11.4 Å². The van der Waals surface area contributed by atoms with E-state index in [4.69, 9.17) is 9.84 Å². The molecule has 1 heterocycles. The number of hydrogen-bond acceptors (Lipinski definition) is 6. The van der Waals surface area contributed by atoms with Gasteiger partial charge in [0.25, 0.3) is 5.69 Å². The van der Waals surface area contributed by atoms with E-state index in [1.165, 1.54) is 12.1 Å². The number of anilines is 1. The quantitative estimate of drug-likeness (QED) is 0.502. The summed E-state index contributed by atoms with van der Waals surface area (Å²) in [5, 5.41) is 20.1. The number of rotatable bonds is 5. The minimum atomic E-state index is -0.805. The molecule has 0 atom stereocenters. The van der Waals surface area contributed by atoms with Crippen LogP contribution in [0.15, 0.2) is 18.2 Å². The summed E-state index contributed by atoms with van der Waals surface area (Å²) in [5.41, 5.74) is 0.268. The Kier molecular flexibility index (Phi) is 5.15. The van der Waals surface area contributed by atoms with Crippen molar-refractivity contribution < 1.29 is 24.4 Å². The lowest BCUT2D eigenvalue weighted by Gasteiger charge is -2.32. The molecular weight excluding hydrogens is 304 g/mol. The van der Waals surface area contributed by atoms with Crippen molar-refractivity contribution >= 4 is 23.3 Å². The minimum absolute atomic E-state index is 0.0882. The third-order valence-corrected chi connectivity index (χ3v) is 3.88. The lowest BCUT2D eigenvalue weighted by atomic mass is 9.96. The number of hydrogen-bond donors (Lipinski definition) is 1. The third kappa shape index (κ3) is 3.77. The SMILES string of the molecule is CCOC(=O)c1cc(N2CCC(C(=O)O)CC2)ccc1[N+](=O)[O-]. The lowest BCUT2D eigenvalue weighted by molar-refractivity contribution is -0.385. The highest BCUT2D eigenvalue weighted by molar-refractivity contribution is 5.95. The topological polar surface area (TPSA) is 110 Å². The number of nitro groups is 1. The van der Waals surface area contributed by atoms with Gasteiger partial charge in [0.05, 0.1) is 17.4 Å². The molecule has 23 heavy (non-hydrogen) atoms. The van der Waals surface area contributed by atoms with Gasteiger partial charge in [-0.1, -0.05) is 0 Å². The Bertz CT molecular complexity index is 622. The van der Waals surface area contributed by atoms with Gasteiger partial charge in [-0.05, 0) is 31.9 Å². The summed E-state index contributed by atoms with van der Waals surface area (Å²) in [7, 11) is 0. The molecule has 0 aliphatic carbocycles. The van der Waals surface area contributed by atoms with Crippen molar-refractivity contribution in [1.29, 1.82) is 0 Å². The molecule has 1 aliphatic heterocycles. The molecule has 0 saturated carbocycles. The van der Waals surface area contributed by atoms with E-state index in [2.05, 4.69) is 0 Å². The highest BCUT2D eigenvalue weighted by Gasteiger charge is 2.27. The molecule has 0 amide bonds. The fraction of sp³-hybridized carbons (Fsp3) is 0.467. The van der Waals surface area contributed by atoms with Crippen LogP contribution >= 0.6 is 0 Å². The van der Waals surface area contributed by atoms with Crippen LogP contribution in [0, 0.1) is 16.0 Å². The van der Waals surface area contributed by atoms with Gasteiger partial charge in [-0.3, -0.25) is 14.9 Å². The number of esters is 1. The second-order valence-electron chi connectivity index (χ2n) is 5.28. The normalized spacial score (nSPS) is 15.3. The van der Waals surface area contributed by atoms with E-state index in [9.17, 15) is 19.7 Å². The smallest absolute Gasteiger partial charge is 0.345 e. The molecule has 1 aromatic rings. The van der Waals surface area contributed by atoms with Gasteiger partial charge in [-0.25, -0.2) is 4.79 Å². The molecule has 1 aromatic carbocycles. The zero-order valence-corrected chi connectivity index (χ0v) is 12.7. The number of carbonyl (C=O) groups excluding carboxylic acids is 1. The van der Waals surface area contributed by atoms with Crippen molar-refractivity contribution in [2.24, 2.45) is 5.92 Å². The first-order chi connectivity index (χ1) is 10.9. The lowest BCUT2D eigenvalue weighted by Crippen LogP contribution is -2.36. The summed E-state index contributed by atoms with van der Waals surface area (Å²) >= 11 is 0. The first-order valence-corrected chi connectivity index (χ1v) is 7.37. The van der Waals surface area contributed by atoms with Crippen LogP contribution in [0.2, 0.25) is 0 Å². The number of benzene rings is 1. The number of carboxylic acid groups (broad SMARTS) is 1. The molecule has 0 aromatic heterocycles. The Morgan fingerprint density at radius 3 is 2.57 bits per heavy atom. The molecule has 8 heteroatoms. The predicted octanol–water partition coefficient (Wildman–Crippen LogP) is 2.07. The molecule has 2 rings (SSSR count). The van der Waals surface area contributed by atoms with Gasteiger partial charge < -0.3 is 14.7 Å². The third-order valence-electron chi connectivity index (χ3n) is 3.88. The highest BCUT2D eigenvalue weighted by Crippen LogP contribution is 2.29. The number of ether oxygens (including phenoxy) is 1. The van der Waals surface area contributed by atoms with Crippen LogP contribution in [0.1, 0.15) is 30.1 Å². The van der Waals surface area contributed by atoms with Gasteiger partial charge in [0.1, 0.15) is 5.56 Å². The van der Waals surface area contributed by atoms with E-state index >= 15 is 0 Å². The van der Waals surface area contributed by atoms with E-state index in [-0.39, 0.29) is 23.8 Å². The van der Waals surface area contributed by atoms with Gasteiger partial charge in [0.2, 0.25) is 0 Å². The molecule has 0 spiro atoms. The Labute approximate surface area is 132 Å². The van der Waals surface area contributed by atoms with Gasteiger partial charge in [0, 0.05) is 24.8 Å². The molecule has 0 radical (unpaired) electrons. The van der Waals surface area contributed by atoms with Crippen molar-refractivity contribution in [3.05, 3.63) is 33.9 Å². The molecule has 0 bridgehead atoms. The predicted molar refractivity (Wildman–Crippen MR) is 81.6 cm³/mol. The van der Waals surface area contributed by atoms with Crippen molar-refractivity contribution in [3.63, 3.8) is 0 Å². The first-order valence-electron chi connectivity index (χ1n) is 7.37. The average molecular weight is 322 g/mol. The molecule has 8 nitrogen and oxygen atoms in total. The summed E-state index contributed by atoms with van der Waals surface area (Å²) in [6.07, 6.45) is 1.00. The van der Waals surface area contributed by atoms with Crippen LogP contribution < -0.4 is 4.90 Å². The van der Waals surface area contributed by atoms with Crippen LogP contribution in [-0.2, 0) is 9.53 Å². The fourth-order valence-electron chi connectivity index (χ4n) is 2.64. The van der Waals surface area contributed by atoms with Crippen LogP contribution in [0.3, 0.4) is 0 Å². The van der Waals surface area contributed by atoms with Crippen molar-refractivity contribution in [1.82, 2.24) is 0 Å². The number of nitro benzene ring substituents is 1. The first kappa shape index (κ1) is 16.7. The number of carbonyl (C=O) groups is 2.